The van der Waals surface area contributed by atoms with Crippen molar-refractivity contribution in [3.8, 4) is 35.6 Å². The lowest BCUT2D eigenvalue weighted by Gasteiger charge is -2.19. The number of aliphatic hydroxyl groups excluding tert-OH is 2. The van der Waals surface area contributed by atoms with Crippen molar-refractivity contribution in [3.05, 3.63) is 59.7 Å². The molecule has 0 amide bonds. The lowest BCUT2D eigenvalue weighted by atomic mass is 9.85. The summed E-state index contributed by atoms with van der Waals surface area (Å²) in [6.45, 7) is 7.79. The summed E-state index contributed by atoms with van der Waals surface area (Å²) >= 11 is 0. The van der Waals surface area contributed by atoms with Gasteiger partial charge in [0.2, 0.25) is 0 Å². The van der Waals surface area contributed by atoms with Gasteiger partial charge in [-0.15, -0.1) is 0 Å². The van der Waals surface area contributed by atoms with Gasteiger partial charge in [-0.3, -0.25) is 0 Å². The van der Waals surface area contributed by atoms with E-state index in [0.717, 1.165) is 22.6 Å². The van der Waals surface area contributed by atoms with E-state index in [4.69, 9.17) is 14.9 Å². The fourth-order valence-corrected chi connectivity index (χ4v) is 2.44. The van der Waals surface area contributed by atoms with Gasteiger partial charge in [0.15, 0.2) is 0 Å². The highest BCUT2D eigenvalue weighted by molar-refractivity contribution is 5.41. The molecule has 0 atom stereocenters. The maximum absolute atomic E-state index is 8.82. The van der Waals surface area contributed by atoms with E-state index >= 15 is 0 Å². The number of hydrogen-bond donors (Lipinski definition) is 2. The smallest absolute Gasteiger partial charge is 0.127 e. The second kappa shape index (κ2) is 7.24. The zero-order valence-corrected chi connectivity index (χ0v) is 14.9. The molecule has 3 heteroatoms. The zero-order valence-electron chi connectivity index (χ0n) is 14.9. The first kappa shape index (κ1) is 18.3. The first-order chi connectivity index (χ1) is 11.8. The Bertz CT molecular complexity index is 763. The van der Waals surface area contributed by atoms with Crippen LogP contribution < -0.4 is 4.74 Å². The van der Waals surface area contributed by atoms with E-state index in [2.05, 4.69) is 11.8 Å². The van der Waals surface area contributed by atoms with E-state index in [0.29, 0.717) is 0 Å². The third-order valence-electron chi connectivity index (χ3n) is 4.12. The zero-order chi connectivity index (χ0) is 18.5. The maximum Gasteiger partial charge on any atom is 0.127 e. The van der Waals surface area contributed by atoms with Gasteiger partial charge in [0, 0.05) is 0 Å². The second-order valence-electron chi connectivity index (χ2n) is 6.87. The molecule has 0 aliphatic rings. The van der Waals surface area contributed by atoms with Crippen molar-refractivity contribution in [1.82, 2.24) is 0 Å². The molecule has 0 bridgehead atoms. The highest BCUT2D eigenvalue weighted by Gasteiger charge is 2.19. The molecule has 0 aromatic heterocycles. The van der Waals surface area contributed by atoms with Gasteiger partial charge in [-0.1, -0.05) is 24.3 Å². The number of rotatable bonds is 4. The van der Waals surface area contributed by atoms with Gasteiger partial charge in [-0.25, -0.2) is 0 Å². The Morgan fingerprint density at radius 1 is 0.640 bits per heavy atom. The summed E-state index contributed by atoms with van der Waals surface area (Å²) < 4.78 is 5.86. The van der Waals surface area contributed by atoms with Crippen molar-refractivity contribution in [3.63, 3.8) is 0 Å². The Kier molecular flexibility index (Phi) is 5.30. The third kappa shape index (κ3) is 4.49. The van der Waals surface area contributed by atoms with E-state index in [1.807, 2.05) is 88.4 Å². The fourth-order valence-electron chi connectivity index (χ4n) is 2.44. The molecule has 2 aromatic carbocycles. The molecule has 0 spiro atoms. The number of ether oxygens (including phenoxy) is 1. The van der Waals surface area contributed by atoms with Crippen LogP contribution in [0.2, 0.25) is 0 Å². The monoisotopic (exact) mass is 334 g/mol. The molecular weight excluding hydrogens is 312 g/mol. The molecule has 0 saturated carbocycles. The molecule has 0 heterocycles. The molecule has 0 aliphatic carbocycles. The highest BCUT2D eigenvalue weighted by Crippen LogP contribution is 2.29. The molecule has 2 rings (SSSR count). The molecule has 0 aliphatic heterocycles. The SMILES string of the molecule is CC(C)(C#CO)c1ccc(Oc2ccc(C(C)(C)C#CO)cc2)cc1. The molecular formula is C22H22O3. The number of aliphatic hydroxyl groups is 2. The Hall–Kier alpha value is -3.04. The number of benzene rings is 2. The largest absolute Gasteiger partial charge is 0.462 e. The Morgan fingerprint density at radius 3 is 1.24 bits per heavy atom. The van der Waals surface area contributed by atoms with Gasteiger partial charge in [-0.05, 0) is 74.9 Å². The van der Waals surface area contributed by atoms with Crippen LogP contribution in [0.5, 0.6) is 11.5 Å². The lowest BCUT2D eigenvalue weighted by Crippen LogP contribution is -2.14. The molecule has 25 heavy (non-hydrogen) atoms. The molecule has 2 N–H and O–H groups in total. The molecule has 0 fully saturated rings. The second-order valence-corrected chi connectivity index (χ2v) is 6.87. The van der Waals surface area contributed by atoms with Crippen LogP contribution in [0.4, 0.5) is 0 Å². The predicted molar refractivity (Wildman–Crippen MR) is 98.4 cm³/mol. The normalized spacial score (nSPS) is 10.9. The van der Waals surface area contributed by atoms with Crippen molar-refractivity contribution >= 4 is 0 Å². The summed E-state index contributed by atoms with van der Waals surface area (Å²) in [5, 5.41) is 17.6. The van der Waals surface area contributed by atoms with Crippen LogP contribution in [0.25, 0.3) is 0 Å². The molecule has 0 radical (unpaired) electrons. The van der Waals surface area contributed by atoms with Gasteiger partial charge in [0.05, 0.1) is 10.8 Å². The summed E-state index contributed by atoms with van der Waals surface area (Å²) in [6, 6.07) is 15.3. The van der Waals surface area contributed by atoms with Crippen LogP contribution in [0.1, 0.15) is 38.8 Å². The van der Waals surface area contributed by atoms with Crippen LogP contribution in [0, 0.1) is 24.1 Å². The van der Waals surface area contributed by atoms with Crippen molar-refractivity contribution in [2.45, 2.75) is 38.5 Å². The summed E-state index contributed by atoms with van der Waals surface area (Å²) in [4.78, 5) is 0. The van der Waals surface area contributed by atoms with E-state index in [1.165, 1.54) is 0 Å². The fraction of sp³-hybridized carbons (Fsp3) is 0.273. The Labute approximate surface area is 149 Å². The standard InChI is InChI=1S/C22H22O3/c1-21(2,13-15-23)17-5-9-19(10-6-17)25-20-11-7-18(8-12-20)22(3,4)14-16-24/h5-12,23-24H,1-4H3. The van der Waals surface area contributed by atoms with Crippen LogP contribution >= 0.6 is 0 Å². The minimum Gasteiger partial charge on any atom is -0.462 e. The highest BCUT2D eigenvalue weighted by atomic mass is 16.5. The maximum atomic E-state index is 8.82. The van der Waals surface area contributed by atoms with Gasteiger partial charge in [0.25, 0.3) is 0 Å². The van der Waals surface area contributed by atoms with Gasteiger partial charge < -0.3 is 14.9 Å². The van der Waals surface area contributed by atoms with E-state index in [1.54, 1.807) is 0 Å². The molecule has 0 unspecified atom stereocenters. The minimum absolute atomic E-state index is 0.422. The predicted octanol–water partition coefficient (Wildman–Crippen LogP) is 4.70. The van der Waals surface area contributed by atoms with Crippen LogP contribution in [-0.2, 0) is 10.8 Å². The van der Waals surface area contributed by atoms with Gasteiger partial charge in [0.1, 0.15) is 23.7 Å². The van der Waals surface area contributed by atoms with Gasteiger partial charge in [-0.2, -0.15) is 0 Å². The first-order valence-corrected chi connectivity index (χ1v) is 8.00. The van der Waals surface area contributed by atoms with Crippen LogP contribution in [0.3, 0.4) is 0 Å². The van der Waals surface area contributed by atoms with Crippen molar-refractivity contribution in [1.29, 1.82) is 0 Å². The summed E-state index contributed by atoms with van der Waals surface area (Å²) in [7, 11) is 0. The van der Waals surface area contributed by atoms with Gasteiger partial charge >= 0.3 is 0 Å². The molecule has 128 valence electrons. The van der Waals surface area contributed by atoms with Crippen molar-refractivity contribution in [2.24, 2.45) is 0 Å². The molecule has 2 aromatic rings. The first-order valence-electron chi connectivity index (χ1n) is 8.00. The van der Waals surface area contributed by atoms with E-state index in [-0.39, 0.29) is 0 Å². The molecule has 3 nitrogen and oxygen atoms in total. The summed E-state index contributed by atoms with van der Waals surface area (Å²) in [5.74, 6) is 6.99. The Morgan fingerprint density at radius 2 is 0.960 bits per heavy atom. The Balaban J connectivity index is 2.14. The van der Waals surface area contributed by atoms with Crippen molar-refractivity contribution < 1.29 is 14.9 Å². The van der Waals surface area contributed by atoms with Crippen molar-refractivity contribution in [2.75, 3.05) is 0 Å². The quantitative estimate of drug-likeness (QED) is 0.797. The van der Waals surface area contributed by atoms with Crippen LogP contribution in [0.15, 0.2) is 48.5 Å². The van der Waals surface area contributed by atoms with E-state index in [9.17, 15) is 0 Å². The van der Waals surface area contributed by atoms with E-state index < -0.39 is 10.8 Å². The third-order valence-corrected chi connectivity index (χ3v) is 4.12. The van der Waals surface area contributed by atoms with Crippen LogP contribution in [-0.4, -0.2) is 10.2 Å². The number of hydrogen-bond acceptors (Lipinski definition) is 3. The average Bonchev–Trinajstić information content (AvgIpc) is 2.56. The summed E-state index contributed by atoms with van der Waals surface area (Å²) in [6.07, 6.45) is 3.96. The lowest BCUT2D eigenvalue weighted by molar-refractivity contribution is 0.481. The topological polar surface area (TPSA) is 49.7 Å². The molecule has 0 saturated heterocycles. The minimum atomic E-state index is -0.422. The average molecular weight is 334 g/mol. The summed E-state index contributed by atoms with van der Waals surface area (Å²) in [5.41, 5.74) is 1.16.